The number of hydrogen-bond donors (Lipinski definition) is 0. The van der Waals surface area contributed by atoms with Crippen LogP contribution in [0.5, 0.6) is 0 Å². The zero-order valence-electron chi connectivity index (χ0n) is 10.3. The van der Waals surface area contributed by atoms with E-state index in [1.54, 1.807) is 23.5 Å². The molecule has 0 saturated carbocycles. The van der Waals surface area contributed by atoms with Crippen LogP contribution < -0.4 is 0 Å². The van der Waals surface area contributed by atoms with E-state index in [9.17, 15) is 4.79 Å². The van der Waals surface area contributed by atoms with Crippen molar-refractivity contribution < 1.29 is 9.53 Å². The third-order valence-electron chi connectivity index (χ3n) is 1.80. The highest BCUT2D eigenvalue weighted by molar-refractivity contribution is 8.38. The molecule has 0 aromatic heterocycles. The van der Waals surface area contributed by atoms with Crippen LogP contribution in [0.1, 0.15) is 39.5 Å². The molecule has 94 valence electrons. The smallest absolute Gasteiger partial charge is 0.434 e. The van der Waals surface area contributed by atoms with Crippen LogP contribution in [0, 0.1) is 0 Å². The summed E-state index contributed by atoms with van der Waals surface area (Å²) in [7, 11) is 1.36. The molecular weight excluding hydrogens is 242 g/mol. The fourth-order valence-corrected chi connectivity index (χ4v) is 3.16. The van der Waals surface area contributed by atoms with E-state index in [1.165, 1.54) is 7.11 Å². The maximum atomic E-state index is 11.1. The van der Waals surface area contributed by atoms with Gasteiger partial charge in [-0.15, -0.1) is 0 Å². The number of carbonyl (C=O) groups excluding carboxylic acids is 1. The lowest BCUT2D eigenvalue weighted by Gasteiger charge is -2.04. The van der Waals surface area contributed by atoms with Gasteiger partial charge in [0, 0.05) is 0 Å². The molecule has 0 fully saturated rings. The van der Waals surface area contributed by atoms with Crippen molar-refractivity contribution in [2.75, 3.05) is 18.6 Å². The molecule has 16 heavy (non-hydrogen) atoms. The first-order valence-corrected chi connectivity index (χ1v) is 7.63. The van der Waals surface area contributed by atoms with E-state index >= 15 is 0 Å². The van der Waals surface area contributed by atoms with Crippen LogP contribution >= 0.6 is 23.5 Å². The van der Waals surface area contributed by atoms with Gasteiger partial charge < -0.3 is 4.74 Å². The third-order valence-corrected chi connectivity index (χ3v) is 4.17. The van der Waals surface area contributed by atoms with Crippen molar-refractivity contribution in [3.8, 4) is 0 Å². The largest absolute Gasteiger partial charge is 0.451 e. The highest BCUT2D eigenvalue weighted by atomic mass is 32.2. The van der Waals surface area contributed by atoms with Gasteiger partial charge in [-0.1, -0.05) is 50.2 Å². The van der Waals surface area contributed by atoms with Gasteiger partial charge in [-0.2, -0.15) is 4.99 Å². The van der Waals surface area contributed by atoms with Crippen LogP contribution in [0.4, 0.5) is 4.79 Å². The maximum Gasteiger partial charge on any atom is 0.434 e. The standard InChI is InChI=1S/C11H21NO2S2/c1-4-6-8-15-11(12-10(13)14-3)16-9-7-5-2/h4-9H2,1-3H3. The molecule has 0 unspecified atom stereocenters. The van der Waals surface area contributed by atoms with Crippen molar-refractivity contribution in [2.24, 2.45) is 4.99 Å². The SMILES string of the molecule is CCCCSC(=NC(=O)OC)SCCCC. The van der Waals surface area contributed by atoms with Gasteiger partial charge in [0.25, 0.3) is 0 Å². The van der Waals surface area contributed by atoms with Crippen LogP contribution in [0.2, 0.25) is 0 Å². The number of rotatable bonds is 6. The average Bonchev–Trinajstić information content (AvgIpc) is 2.29. The first-order chi connectivity index (χ1) is 7.74. The van der Waals surface area contributed by atoms with Crippen LogP contribution in [-0.4, -0.2) is 29.1 Å². The van der Waals surface area contributed by atoms with Crippen molar-refractivity contribution in [1.29, 1.82) is 0 Å². The Balaban J connectivity index is 4.04. The minimum atomic E-state index is -0.497. The molecule has 1 amide bonds. The predicted octanol–water partition coefficient (Wildman–Crippen LogP) is 4.18. The van der Waals surface area contributed by atoms with E-state index in [0.29, 0.717) is 0 Å². The summed E-state index contributed by atoms with van der Waals surface area (Å²) < 4.78 is 5.38. The number of nitrogens with zero attached hydrogens (tertiary/aromatic N) is 1. The van der Waals surface area contributed by atoms with E-state index in [2.05, 4.69) is 23.6 Å². The average molecular weight is 263 g/mol. The molecule has 5 heteroatoms. The summed E-state index contributed by atoms with van der Waals surface area (Å²) in [4.78, 5) is 15.0. The molecule has 0 aliphatic heterocycles. The Hall–Kier alpha value is -0.160. The minimum Gasteiger partial charge on any atom is -0.451 e. The first-order valence-electron chi connectivity index (χ1n) is 5.66. The molecule has 3 nitrogen and oxygen atoms in total. The summed E-state index contributed by atoms with van der Waals surface area (Å²) in [5, 5.41) is 0. The van der Waals surface area contributed by atoms with Crippen molar-refractivity contribution in [1.82, 2.24) is 0 Å². The Morgan fingerprint density at radius 3 is 2.00 bits per heavy atom. The number of unbranched alkanes of at least 4 members (excludes halogenated alkanes) is 2. The molecule has 0 heterocycles. The minimum absolute atomic E-state index is 0.497. The molecule has 0 rings (SSSR count). The molecule has 0 saturated heterocycles. The summed E-state index contributed by atoms with van der Waals surface area (Å²) in [6, 6.07) is 0. The van der Waals surface area contributed by atoms with Crippen molar-refractivity contribution in [3.63, 3.8) is 0 Å². The molecule has 0 atom stereocenters. The summed E-state index contributed by atoms with van der Waals surface area (Å²) in [6.07, 6.45) is 4.14. The Morgan fingerprint density at radius 2 is 1.62 bits per heavy atom. The van der Waals surface area contributed by atoms with Gasteiger partial charge >= 0.3 is 6.09 Å². The van der Waals surface area contributed by atoms with E-state index in [0.717, 1.165) is 41.6 Å². The molecule has 0 aliphatic carbocycles. The molecular formula is C11H21NO2S2. The van der Waals surface area contributed by atoms with E-state index in [1.807, 2.05) is 0 Å². The molecule has 0 aromatic carbocycles. The number of carbonyl (C=O) groups is 1. The van der Waals surface area contributed by atoms with Gasteiger partial charge in [-0.05, 0) is 24.3 Å². The van der Waals surface area contributed by atoms with Gasteiger partial charge in [-0.25, -0.2) is 4.79 Å². The van der Waals surface area contributed by atoms with Crippen molar-refractivity contribution in [2.45, 2.75) is 39.5 Å². The number of ether oxygens (including phenoxy) is 1. The van der Waals surface area contributed by atoms with Crippen LogP contribution in [0.25, 0.3) is 0 Å². The first kappa shape index (κ1) is 15.8. The second-order valence-corrected chi connectivity index (χ2v) is 5.68. The summed E-state index contributed by atoms with van der Waals surface area (Å²) in [6.45, 7) is 4.31. The van der Waals surface area contributed by atoms with Gasteiger partial charge in [-0.3, -0.25) is 0 Å². The zero-order valence-corrected chi connectivity index (χ0v) is 12.0. The number of hydrogen-bond acceptors (Lipinski definition) is 4. The fraction of sp³-hybridized carbons (Fsp3) is 0.818. The molecule has 0 N–H and O–H groups in total. The van der Waals surface area contributed by atoms with E-state index in [-0.39, 0.29) is 0 Å². The third kappa shape index (κ3) is 9.09. The molecule has 0 bridgehead atoms. The van der Waals surface area contributed by atoms with Crippen LogP contribution in [0.3, 0.4) is 0 Å². The van der Waals surface area contributed by atoms with E-state index < -0.39 is 6.09 Å². The summed E-state index contributed by atoms with van der Waals surface area (Å²) >= 11 is 3.30. The normalized spacial score (nSPS) is 9.94. The zero-order chi connectivity index (χ0) is 12.2. The van der Waals surface area contributed by atoms with Gasteiger partial charge in [0.1, 0.15) is 4.38 Å². The lowest BCUT2D eigenvalue weighted by molar-refractivity contribution is 0.183. The quantitative estimate of drug-likeness (QED) is 0.409. The number of methoxy groups -OCH3 is 1. The second kappa shape index (κ2) is 11.3. The predicted molar refractivity (Wildman–Crippen MR) is 74.6 cm³/mol. The Morgan fingerprint density at radius 1 is 1.12 bits per heavy atom. The maximum absolute atomic E-state index is 11.1. The van der Waals surface area contributed by atoms with Gasteiger partial charge in [0.05, 0.1) is 7.11 Å². The number of thioether (sulfide) groups is 2. The topological polar surface area (TPSA) is 38.7 Å². The lowest BCUT2D eigenvalue weighted by Crippen LogP contribution is -1.99. The number of amides is 1. The lowest BCUT2D eigenvalue weighted by atomic mass is 10.4. The Labute approximate surface area is 107 Å². The Kier molecular flexibility index (Phi) is 11.2. The van der Waals surface area contributed by atoms with Crippen molar-refractivity contribution >= 4 is 34.0 Å². The highest BCUT2D eigenvalue weighted by Gasteiger charge is 2.05. The van der Waals surface area contributed by atoms with E-state index in [4.69, 9.17) is 0 Å². The summed E-state index contributed by atoms with van der Waals surface area (Å²) in [5.74, 6) is 2.04. The van der Waals surface area contributed by atoms with Crippen molar-refractivity contribution in [3.05, 3.63) is 0 Å². The molecule has 0 aromatic rings. The Bertz CT molecular complexity index is 208. The monoisotopic (exact) mass is 263 g/mol. The van der Waals surface area contributed by atoms with Gasteiger partial charge in [0.15, 0.2) is 0 Å². The second-order valence-electron chi connectivity index (χ2n) is 3.25. The van der Waals surface area contributed by atoms with Gasteiger partial charge in [0.2, 0.25) is 0 Å². The molecule has 0 aliphatic rings. The summed E-state index contributed by atoms with van der Waals surface area (Å²) in [5.41, 5.74) is 0. The molecule has 0 radical (unpaired) electrons. The molecule has 0 spiro atoms. The number of aliphatic imine (C=N–C) groups is 1. The fourth-order valence-electron chi connectivity index (χ4n) is 0.834. The highest BCUT2D eigenvalue weighted by Crippen LogP contribution is 2.20. The van der Waals surface area contributed by atoms with Crippen LogP contribution in [-0.2, 0) is 4.74 Å². The van der Waals surface area contributed by atoms with Crippen LogP contribution in [0.15, 0.2) is 4.99 Å².